The number of allylic oxidation sites excluding steroid dienone is 3. The maximum atomic E-state index is 13.7. The molecular weight excluding hydrogens is 534 g/mol. The Labute approximate surface area is 232 Å². The van der Waals surface area contributed by atoms with Crippen LogP contribution in [-0.2, 0) is 10.0 Å². The fourth-order valence-electron chi connectivity index (χ4n) is 4.10. The number of fused-ring (bicyclic) bond motifs is 1. The number of primary sulfonamides is 1. The maximum Gasteiger partial charge on any atom is 0.295 e. The first-order valence-electron chi connectivity index (χ1n) is 12.8. The number of hydrogen-bond acceptors (Lipinski definition) is 11. The van der Waals surface area contributed by atoms with Crippen molar-refractivity contribution >= 4 is 33.7 Å². The molecule has 0 aliphatic heterocycles. The topological polar surface area (TPSA) is 180 Å². The van der Waals surface area contributed by atoms with Crippen molar-refractivity contribution in [2.45, 2.75) is 58.9 Å². The van der Waals surface area contributed by atoms with Gasteiger partial charge in [-0.3, -0.25) is 14.4 Å². The Morgan fingerprint density at radius 3 is 2.62 bits per heavy atom. The highest BCUT2D eigenvalue weighted by Crippen LogP contribution is 2.45. The van der Waals surface area contributed by atoms with Crippen LogP contribution in [-0.4, -0.2) is 58.3 Å². The predicted octanol–water partition coefficient (Wildman–Crippen LogP) is 3.00. The number of aryl methyl sites for hydroxylation is 1. The van der Waals surface area contributed by atoms with Crippen LogP contribution in [0.4, 0.5) is 5.82 Å². The van der Waals surface area contributed by atoms with Crippen LogP contribution in [0.3, 0.4) is 0 Å². The smallest absolute Gasteiger partial charge is 0.295 e. The average Bonchev–Trinajstić information content (AvgIpc) is 3.77. The van der Waals surface area contributed by atoms with Crippen molar-refractivity contribution in [3.63, 3.8) is 0 Å². The Bertz CT molecular complexity index is 1690. The third-order valence-electron chi connectivity index (χ3n) is 6.77. The first kappa shape index (κ1) is 29.0. The number of nitrogens with one attached hydrogen (secondary N) is 1. The van der Waals surface area contributed by atoms with Gasteiger partial charge in [0.2, 0.25) is 15.9 Å². The quantitative estimate of drug-likeness (QED) is 0.258. The third kappa shape index (κ3) is 5.92. The van der Waals surface area contributed by atoms with E-state index >= 15 is 0 Å². The Hall–Kier alpha value is -4.04. The SMILES string of the molecule is C=N/C(=C\C=C(/C)S(N)(=O)=O)CNc1nc2c(C)nc(-c3c(OC)ncnc3C3CC3)nc2n([C@@H](C)CC)c1=O. The Balaban J connectivity index is 1.83. The van der Waals surface area contributed by atoms with E-state index in [1.807, 2.05) is 13.8 Å². The summed E-state index contributed by atoms with van der Waals surface area (Å²) < 4.78 is 30.1. The summed E-state index contributed by atoms with van der Waals surface area (Å²) in [4.78, 5) is 40.5. The highest BCUT2D eigenvalue weighted by atomic mass is 32.2. The van der Waals surface area contributed by atoms with Crippen LogP contribution >= 0.6 is 0 Å². The summed E-state index contributed by atoms with van der Waals surface area (Å²) in [5.74, 6) is 1.12. The summed E-state index contributed by atoms with van der Waals surface area (Å²) in [6.07, 6.45) is 6.96. The third-order valence-corrected chi connectivity index (χ3v) is 7.80. The van der Waals surface area contributed by atoms with Crippen molar-refractivity contribution in [2.24, 2.45) is 10.1 Å². The fourth-order valence-corrected chi connectivity index (χ4v) is 4.36. The number of hydrogen-bond donors (Lipinski definition) is 2. The number of nitrogens with zero attached hydrogens (tertiary/aromatic N) is 7. The summed E-state index contributed by atoms with van der Waals surface area (Å²) in [7, 11) is -2.28. The molecular formula is C26H33N9O4S. The zero-order valence-electron chi connectivity index (χ0n) is 23.2. The molecule has 1 saturated carbocycles. The van der Waals surface area contributed by atoms with Gasteiger partial charge in [0, 0.05) is 12.0 Å². The first-order valence-corrected chi connectivity index (χ1v) is 14.4. The van der Waals surface area contributed by atoms with Crippen LogP contribution in [0.1, 0.15) is 63.4 Å². The van der Waals surface area contributed by atoms with Crippen LogP contribution < -0.4 is 20.8 Å². The maximum absolute atomic E-state index is 13.7. The zero-order valence-corrected chi connectivity index (χ0v) is 24.0. The fraction of sp³-hybridized carbons (Fsp3) is 0.423. The lowest BCUT2D eigenvalue weighted by Crippen LogP contribution is -2.29. The van der Waals surface area contributed by atoms with Crippen molar-refractivity contribution in [3.8, 4) is 17.3 Å². The van der Waals surface area contributed by atoms with Crippen molar-refractivity contribution in [3.05, 3.63) is 50.8 Å². The van der Waals surface area contributed by atoms with E-state index in [1.165, 1.54) is 32.5 Å². The summed E-state index contributed by atoms with van der Waals surface area (Å²) in [5.41, 5.74) is 2.88. The molecule has 212 valence electrons. The molecule has 0 radical (unpaired) electrons. The minimum absolute atomic E-state index is 0.0366. The number of aromatic nitrogens is 6. The molecule has 4 rings (SSSR count). The molecule has 3 N–H and O–H groups in total. The van der Waals surface area contributed by atoms with Gasteiger partial charge in [-0.1, -0.05) is 6.92 Å². The van der Waals surface area contributed by atoms with Gasteiger partial charge in [-0.15, -0.1) is 0 Å². The number of methoxy groups -OCH3 is 1. The minimum Gasteiger partial charge on any atom is -0.480 e. The molecule has 0 unspecified atom stereocenters. The Morgan fingerprint density at radius 1 is 1.30 bits per heavy atom. The number of nitrogens with two attached hydrogens (primary N) is 1. The number of sulfonamides is 1. The molecule has 3 aromatic rings. The van der Waals surface area contributed by atoms with Gasteiger partial charge in [-0.2, -0.15) is 0 Å². The van der Waals surface area contributed by atoms with E-state index in [2.05, 4.69) is 32.0 Å². The van der Waals surface area contributed by atoms with Gasteiger partial charge in [0.15, 0.2) is 17.3 Å². The van der Waals surface area contributed by atoms with Gasteiger partial charge in [-0.25, -0.2) is 38.5 Å². The van der Waals surface area contributed by atoms with E-state index in [-0.39, 0.29) is 34.8 Å². The van der Waals surface area contributed by atoms with Crippen LogP contribution in [0.15, 0.2) is 38.9 Å². The van der Waals surface area contributed by atoms with Gasteiger partial charge >= 0.3 is 0 Å². The second kappa shape index (κ2) is 11.6. The van der Waals surface area contributed by atoms with Gasteiger partial charge in [0.1, 0.15) is 17.4 Å². The van der Waals surface area contributed by atoms with Crippen LogP contribution in [0.25, 0.3) is 22.6 Å². The van der Waals surface area contributed by atoms with E-state index < -0.39 is 10.0 Å². The summed E-state index contributed by atoms with van der Waals surface area (Å²) in [6, 6.07) is -0.203. The molecule has 1 atom stereocenters. The molecule has 0 spiro atoms. The molecule has 0 aromatic carbocycles. The Morgan fingerprint density at radius 2 is 2.02 bits per heavy atom. The van der Waals surface area contributed by atoms with Crippen LogP contribution in [0.2, 0.25) is 0 Å². The molecule has 40 heavy (non-hydrogen) atoms. The zero-order chi connectivity index (χ0) is 29.2. The van der Waals surface area contributed by atoms with Gasteiger partial charge < -0.3 is 10.1 Å². The molecule has 1 aliphatic rings. The molecule has 14 heteroatoms. The van der Waals surface area contributed by atoms with Crippen molar-refractivity contribution in [1.29, 1.82) is 0 Å². The number of rotatable bonds is 11. The number of aliphatic imine (C=N–C) groups is 1. The first-order chi connectivity index (χ1) is 19.0. The lowest BCUT2D eigenvalue weighted by molar-refractivity contribution is 0.397. The number of anilines is 1. The van der Waals surface area contributed by atoms with Gasteiger partial charge in [0.25, 0.3) is 5.56 Å². The van der Waals surface area contributed by atoms with Crippen molar-refractivity contribution in [2.75, 3.05) is 19.0 Å². The number of ether oxygens (including phenoxy) is 1. The molecule has 1 aliphatic carbocycles. The molecule has 1 fully saturated rings. The van der Waals surface area contributed by atoms with Crippen LogP contribution in [0.5, 0.6) is 5.88 Å². The predicted molar refractivity (Wildman–Crippen MR) is 154 cm³/mol. The minimum atomic E-state index is -3.82. The largest absolute Gasteiger partial charge is 0.480 e. The molecule has 13 nitrogen and oxygen atoms in total. The molecule has 0 bridgehead atoms. The molecule has 0 amide bonds. The standard InChI is InChI=1S/C26H33N9O4S/c1-7-14(2)35-24-20(33-23(26(35)36)29-12-18(28-5)11-8-15(3)40(27,37)38)16(4)32-22(34-24)19-21(17-9-10-17)30-13-31-25(19)39-6/h8,11,13-14,17H,5,7,9-10,12H2,1-4,6H3,(H,29,33)(H2,27,37,38)/b15-8+,18-11-/t14-/m0/s1. The van der Waals surface area contributed by atoms with E-state index in [0.29, 0.717) is 46.2 Å². The van der Waals surface area contributed by atoms with Crippen LogP contribution in [0, 0.1) is 6.92 Å². The summed E-state index contributed by atoms with van der Waals surface area (Å²) in [6.45, 7) is 10.7. The van der Waals surface area contributed by atoms with E-state index in [1.54, 1.807) is 11.5 Å². The second-order valence-electron chi connectivity index (χ2n) is 9.61. The van der Waals surface area contributed by atoms with Crippen molar-refractivity contribution < 1.29 is 13.2 Å². The average molecular weight is 568 g/mol. The van der Waals surface area contributed by atoms with Crippen molar-refractivity contribution in [1.82, 2.24) is 29.5 Å². The molecule has 3 aromatic heterocycles. The lowest BCUT2D eigenvalue weighted by atomic mass is 10.1. The van der Waals surface area contributed by atoms with E-state index in [0.717, 1.165) is 18.5 Å². The summed E-state index contributed by atoms with van der Waals surface area (Å²) >= 11 is 0. The monoisotopic (exact) mass is 567 g/mol. The second-order valence-corrected chi connectivity index (χ2v) is 11.3. The van der Waals surface area contributed by atoms with Gasteiger partial charge in [0.05, 0.1) is 35.6 Å². The molecule has 3 heterocycles. The van der Waals surface area contributed by atoms with E-state index in [4.69, 9.17) is 19.8 Å². The van der Waals surface area contributed by atoms with E-state index in [9.17, 15) is 13.2 Å². The normalized spacial score (nSPS) is 15.2. The Kier molecular flexibility index (Phi) is 8.40. The van der Waals surface area contributed by atoms with Gasteiger partial charge in [-0.05, 0) is 58.9 Å². The lowest BCUT2D eigenvalue weighted by Gasteiger charge is -2.19. The highest BCUT2D eigenvalue weighted by Gasteiger charge is 2.32. The highest BCUT2D eigenvalue weighted by molar-refractivity contribution is 7.93. The molecule has 0 saturated heterocycles. The summed E-state index contributed by atoms with van der Waals surface area (Å²) in [5, 5.41) is 8.15.